The Morgan fingerprint density at radius 2 is 2.21 bits per heavy atom. The third-order valence-electron chi connectivity index (χ3n) is 4.72. The average molecular weight is 413 g/mol. The third kappa shape index (κ3) is 3.29. The second-order valence-corrected chi connectivity index (χ2v) is 8.38. The van der Waals surface area contributed by atoms with Crippen molar-refractivity contribution >= 4 is 39.3 Å². The molecule has 0 bridgehead atoms. The van der Waals surface area contributed by atoms with Gasteiger partial charge in [-0.05, 0) is 36.5 Å². The van der Waals surface area contributed by atoms with E-state index in [0.29, 0.717) is 23.7 Å². The summed E-state index contributed by atoms with van der Waals surface area (Å²) in [5.41, 5.74) is 3.54. The minimum absolute atomic E-state index is 0.0619. The molecular weight excluding hydrogens is 392 g/mol. The summed E-state index contributed by atoms with van der Waals surface area (Å²) >= 11 is 2.79. The molecule has 0 N–H and O–H groups in total. The summed E-state index contributed by atoms with van der Waals surface area (Å²) < 4.78 is 6.60. The van der Waals surface area contributed by atoms with Crippen LogP contribution in [0.2, 0.25) is 0 Å². The summed E-state index contributed by atoms with van der Waals surface area (Å²) in [5.74, 6) is -0.192. The molecule has 144 valence electrons. The number of carbonyl (C=O) groups is 1. The standard InChI is InChI=1S/C21H20N2O3S2/c1-3-11-23-20(25)17-15-10-9-13-7-5-6-8-14(13)18(15)28-19(17)22-21(23)27-12-16(24)26-4-2/h3,5-8H,1,4,9-12H2,2H3. The van der Waals surface area contributed by atoms with E-state index in [1.54, 1.807) is 28.9 Å². The number of benzene rings is 1. The maximum atomic E-state index is 13.3. The molecular formula is C21H20N2O3S2. The minimum Gasteiger partial charge on any atom is -0.465 e. The lowest BCUT2D eigenvalue weighted by atomic mass is 9.90. The monoisotopic (exact) mass is 412 g/mol. The Kier molecular flexibility index (Phi) is 5.37. The van der Waals surface area contributed by atoms with Crippen LogP contribution in [-0.2, 0) is 28.9 Å². The number of rotatable bonds is 6. The molecule has 5 nitrogen and oxygen atoms in total. The van der Waals surface area contributed by atoms with Crippen LogP contribution in [-0.4, -0.2) is 27.9 Å². The van der Waals surface area contributed by atoms with Gasteiger partial charge < -0.3 is 4.74 Å². The van der Waals surface area contributed by atoms with Crippen LogP contribution in [0.25, 0.3) is 20.7 Å². The predicted octanol–water partition coefficient (Wildman–Crippen LogP) is 4.06. The zero-order chi connectivity index (χ0) is 19.7. The molecule has 0 amide bonds. The van der Waals surface area contributed by atoms with Crippen molar-refractivity contribution in [2.24, 2.45) is 0 Å². The van der Waals surface area contributed by atoms with E-state index in [9.17, 15) is 9.59 Å². The zero-order valence-corrected chi connectivity index (χ0v) is 17.2. The van der Waals surface area contributed by atoms with Gasteiger partial charge in [-0.2, -0.15) is 0 Å². The highest BCUT2D eigenvalue weighted by molar-refractivity contribution is 7.99. The van der Waals surface area contributed by atoms with Crippen molar-refractivity contribution in [3.63, 3.8) is 0 Å². The fourth-order valence-corrected chi connectivity index (χ4v) is 5.65. The number of aromatic nitrogens is 2. The van der Waals surface area contributed by atoms with Gasteiger partial charge in [0.2, 0.25) is 0 Å². The Morgan fingerprint density at radius 1 is 1.39 bits per heavy atom. The van der Waals surface area contributed by atoms with Gasteiger partial charge in [0.05, 0.1) is 17.7 Å². The van der Waals surface area contributed by atoms with E-state index in [1.807, 2.05) is 6.07 Å². The number of thioether (sulfide) groups is 1. The number of hydrogen-bond donors (Lipinski definition) is 0. The number of fused-ring (bicyclic) bond motifs is 5. The van der Waals surface area contributed by atoms with E-state index in [0.717, 1.165) is 28.1 Å². The fourth-order valence-electron chi connectivity index (χ4n) is 3.52. The molecule has 0 radical (unpaired) electrons. The molecule has 0 fully saturated rings. The molecule has 0 spiro atoms. The van der Waals surface area contributed by atoms with Gasteiger partial charge in [-0.1, -0.05) is 42.1 Å². The van der Waals surface area contributed by atoms with E-state index in [-0.39, 0.29) is 17.3 Å². The van der Waals surface area contributed by atoms with E-state index in [4.69, 9.17) is 9.72 Å². The highest BCUT2D eigenvalue weighted by atomic mass is 32.2. The second-order valence-electron chi connectivity index (χ2n) is 6.44. The Bertz CT molecular complexity index is 1130. The Morgan fingerprint density at radius 3 is 3.00 bits per heavy atom. The van der Waals surface area contributed by atoms with Gasteiger partial charge in [0, 0.05) is 11.4 Å². The smallest absolute Gasteiger partial charge is 0.316 e. The highest BCUT2D eigenvalue weighted by Crippen LogP contribution is 2.42. The molecule has 1 aliphatic rings. The quantitative estimate of drug-likeness (QED) is 0.264. The molecule has 1 aromatic carbocycles. The lowest BCUT2D eigenvalue weighted by Gasteiger charge is -2.16. The number of nitrogens with zero attached hydrogens (tertiary/aromatic N) is 2. The summed E-state index contributed by atoms with van der Waals surface area (Å²) in [4.78, 5) is 31.7. The SMILES string of the molecule is C=CCn1c(SCC(=O)OCC)nc2sc3c(c2c1=O)CCc1ccccc1-3. The Labute approximate surface area is 171 Å². The number of esters is 1. The molecule has 1 aliphatic carbocycles. The molecule has 2 aromatic heterocycles. The molecule has 2 heterocycles. The lowest BCUT2D eigenvalue weighted by molar-refractivity contribution is -0.139. The van der Waals surface area contributed by atoms with Crippen LogP contribution in [0.5, 0.6) is 0 Å². The van der Waals surface area contributed by atoms with Gasteiger partial charge in [0.1, 0.15) is 4.83 Å². The van der Waals surface area contributed by atoms with Crippen molar-refractivity contribution in [1.29, 1.82) is 0 Å². The van der Waals surface area contributed by atoms with Gasteiger partial charge >= 0.3 is 5.97 Å². The molecule has 0 atom stereocenters. The first-order valence-electron chi connectivity index (χ1n) is 9.17. The molecule has 3 aromatic rings. The number of allylic oxidation sites excluding steroid dienone is 1. The van der Waals surface area contributed by atoms with Crippen molar-refractivity contribution in [3.8, 4) is 10.4 Å². The first-order valence-corrected chi connectivity index (χ1v) is 11.0. The summed E-state index contributed by atoms with van der Waals surface area (Å²) in [6, 6.07) is 8.34. The van der Waals surface area contributed by atoms with E-state index in [1.165, 1.54) is 22.9 Å². The fraction of sp³-hybridized carbons (Fsp3) is 0.286. The number of carbonyl (C=O) groups excluding carboxylic acids is 1. The van der Waals surface area contributed by atoms with Crippen LogP contribution in [0.4, 0.5) is 0 Å². The van der Waals surface area contributed by atoms with E-state index < -0.39 is 0 Å². The van der Waals surface area contributed by atoms with Crippen molar-refractivity contribution in [1.82, 2.24) is 9.55 Å². The van der Waals surface area contributed by atoms with Crippen LogP contribution in [0.1, 0.15) is 18.1 Å². The van der Waals surface area contributed by atoms with Gasteiger partial charge in [-0.25, -0.2) is 4.98 Å². The van der Waals surface area contributed by atoms with Gasteiger partial charge in [0.15, 0.2) is 5.16 Å². The van der Waals surface area contributed by atoms with Crippen molar-refractivity contribution in [3.05, 3.63) is 58.4 Å². The van der Waals surface area contributed by atoms with Crippen LogP contribution in [0, 0.1) is 0 Å². The largest absolute Gasteiger partial charge is 0.465 e. The van der Waals surface area contributed by atoms with Crippen LogP contribution >= 0.6 is 23.1 Å². The Hall–Kier alpha value is -2.38. The van der Waals surface area contributed by atoms with E-state index >= 15 is 0 Å². The van der Waals surface area contributed by atoms with Crippen LogP contribution in [0.3, 0.4) is 0 Å². The first-order chi connectivity index (χ1) is 13.6. The minimum atomic E-state index is -0.314. The van der Waals surface area contributed by atoms with Crippen molar-refractivity contribution in [2.75, 3.05) is 12.4 Å². The molecule has 0 saturated heterocycles. The summed E-state index contributed by atoms with van der Waals surface area (Å²) in [6.07, 6.45) is 3.44. The average Bonchev–Trinajstić information content (AvgIpc) is 3.08. The third-order valence-corrected chi connectivity index (χ3v) is 6.83. The van der Waals surface area contributed by atoms with Crippen LogP contribution in [0.15, 0.2) is 46.9 Å². The molecule has 0 saturated carbocycles. The number of aryl methyl sites for hydroxylation is 2. The predicted molar refractivity (Wildman–Crippen MR) is 114 cm³/mol. The Balaban J connectivity index is 1.84. The van der Waals surface area contributed by atoms with Crippen molar-refractivity contribution in [2.45, 2.75) is 31.5 Å². The van der Waals surface area contributed by atoms with Gasteiger partial charge in [0.25, 0.3) is 5.56 Å². The van der Waals surface area contributed by atoms with E-state index in [2.05, 4.69) is 24.8 Å². The molecule has 7 heteroatoms. The maximum Gasteiger partial charge on any atom is 0.316 e. The maximum absolute atomic E-state index is 13.3. The lowest BCUT2D eigenvalue weighted by Crippen LogP contribution is -2.23. The summed E-state index contributed by atoms with van der Waals surface area (Å²) in [7, 11) is 0. The van der Waals surface area contributed by atoms with Crippen LogP contribution < -0.4 is 5.56 Å². The topological polar surface area (TPSA) is 61.2 Å². The zero-order valence-electron chi connectivity index (χ0n) is 15.6. The molecule has 0 aliphatic heterocycles. The highest BCUT2D eigenvalue weighted by Gasteiger charge is 2.25. The van der Waals surface area contributed by atoms with Gasteiger partial charge in [-0.15, -0.1) is 17.9 Å². The normalized spacial score (nSPS) is 12.5. The van der Waals surface area contributed by atoms with Crippen molar-refractivity contribution < 1.29 is 9.53 Å². The summed E-state index contributed by atoms with van der Waals surface area (Å²) in [5, 5.41) is 1.23. The molecule has 28 heavy (non-hydrogen) atoms. The number of ether oxygens (including phenoxy) is 1. The van der Waals surface area contributed by atoms with Gasteiger partial charge in [-0.3, -0.25) is 14.2 Å². The number of hydrogen-bond acceptors (Lipinski definition) is 6. The number of thiophene rings is 1. The second kappa shape index (κ2) is 7.93. The first kappa shape index (κ1) is 19.0. The summed E-state index contributed by atoms with van der Waals surface area (Å²) in [6.45, 7) is 6.23. The molecule has 0 unspecified atom stereocenters. The molecule has 4 rings (SSSR count).